The van der Waals surface area contributed by atoms with E-state index in [0.717, 1.165) is 22.2 Å². The lowest BCUT2D eigenvalue weighted by atomic mass is 9.96. The molecule has 0 saturated heterocycles. The van der Waals surface area contributed by atoms with Crippen molar-refractivity contribution in [3.05, 3.63) is 34.3 Å². The van der Waals surface area contributed by atoms with Crippen LogP contribution in [0.2, 0.25) is 5.02 Å². The van der Waals surface area contributed by atoms with Gasteiger partial charge in [0.1, 0.15) is 0 Å². The minimum Gasteiger partial charge on any atom is -0.0925 e. The Labute approximate surface area is 105 Å². The normalized spacial score (nSPS) is 17.8. The van der Waals surface area contributed by atoms with Crippen LogP contribution in [0.15, 0.2) is 18.2 Å². The van der Waals surface area contributed by atoms with Gasteiger partial charge in [0.15, 0.2) is 0 Å². The molecule has 0 heterocycles. The first kappa shape index (κ1) is 11.5. The van der Waals surface area contributed by atoms with Crippen LogP contribution in [0.5, 0.6) is 0 Å². The third kappa shape index (κ3) is 2.98. The molecular weight excluding hydrogens is 272 g/mol. The molecule has 0 amide bonds. The summed E-state index contributed by atoms with van der Waals surface area (Å²) in [6.45, 7) is 2.08. The van der Waals surface area contributed by atoms with E-state index in [0.29, 0.717) is 0 Å². The summed E-state index contributed by atoms with van der Waals surface area (Å²) in [4.78, 5) is 0. The van der Waals surface area contributed by atoms with Crippen LogP contribution in [-0.4, -0.2) is 5.33 Å². The van der Waals surface area contributed by atoms with E-state index in [1.54, 1.807) is 0 Å². The van der Waals surface area contributed by atoms with Gasteiger partial charge in [0.25, 0.3) is 0 Å². The Morgan fingerprint density at radius 3 is 2.73 bits per heavy atom. The smallest absolute Gasteiger partial charge is 0.0435 e. The molecular formula is C13H16BrCl. The van der Waals surface area contributed by atoms with E-state index >= 15 is 0 Å². The van der Waals surface area contributed by atoms with Crippen LogP contribution in [0.25, 0.3) is 0 Å². The van der Waals surface area contributed by atoms with Gasteiger partial charge in [-0.25, -0.2) is 0 Å². The SMILES string of the molecule is Cc1cc(CC(CBr)C2CC2)ccc1Cl. The zero-order valence-corrected chi connectivity index (χ0v) is 11.3. The van der Waals surface area contributed by atoms with E-state index < -0.39 is 0 Å². The molecule has 0 N–H and O–H groups in total. The second kappa shape index (κ2) is 4.88. The van der Waals surface area contributed by atoms with Gasteiger partial charge in [-0.05, 0) is 55.2 Å². The van der Waals surface area contributed by atoms with Crippen molar-refractivity contribution in [2.24, 2.45) is 11.8 Å². The molecule has 1 aromatic rings. The van der Waals surface area contributed by atoms with Gasteiger partial charge in [0.05, 0.1) is 0 Å². The van der Waals surface area contributed by atoms with Crippen LogP contribution >= 0.6 is 27.5 Å². The third-order valence-electron chi connectivity index (χ3n) is 3.21. The molecule has 0 aromatic heterocycles. The van der Waals surface area contributed by atoms with Gasteiger partial charge in [0.2, 0.25) is 0 Å². The topological polar surface area (TPSA) is 0 Å². The van der Waals surface area contributed by atoms with Crippen molar-refractivity contribution in [3.8, 4) is 0 Å². The first-order valence-electron chi connectivity index (χ1n) is 5.51. The second-order valence-corrected chi connectivity index (χ2v) is 5.59. The minimum atomic E-state index is 0.811. The van der Waals surface area contributed by atoms with Crippen molar-refractivity contribution in [1.82, 2.24) is 0 Å². The molecule has 1 fully saturated rings. The van der Waals surface area contributed by atoms with Crippen LogP contribution in [0.1, 0.15) is 24.0 Å². The van der Waals surface area contributed by atoms with Gasteiger partial charge >= 0.3 is 0 Å². The van der Waals surface area contributed by atoms with Gasteiger partial charge < -0.3 is 0 Å². The summed E-state index contributed by atoms with van der Waals surface area (Å²) >= 11 is 9.64. The van der Waals surface area contributed by atoms with E-state index in [4.69, 9.17) is 11.6 Å². The largest absolute Gasteiger partial charge is 0.0925 e. The fourth-order valence-corrected chi connectivity index (χ4v) is 2.93. The van der Waals surface area contributed by atoms with Crippen LogP contribution in [0.3, 0.4) is 0 Å². The number of rotatable bonds is 4. The van der Waals surface area contributed by atoms with E-state index in [9.17, 15) is 0 Å². The van der Waals surface area contributed by atoms with E-state index in [2.05, 4.69) is 35.0 Å². The lowest BCUT2D eigenvalue weighted by Gasteiger charge is -2.13. The molecule has 0 spiro atoms. The highest BCUT2D eigenvalue weighted by Crippen LogP contribution is 2.39. The Bertz CT molecular complexity index is 344. The minimum absolute atomic E-state index is 0.811. The second-order valence-electron chi connectivity index (χ2n) is 4.54. The Morgan fingerprint density at radius 2 is 2.20 bits per heavy atom. The molecule has 0 bridgehead atoms. The van der Waals surface area contributed by atoms with Crippen molar-refractivity contribution in [1.29, 1.82) is 0 Å². The summed E-state index contributed by atoms with van der Waals surface area (Å²) in [5.41, 5.74) is 2.62. The zero-order chi connectivity index (χ0) is 10.8. The average Bonchev–Trinajstić information content (AvgIpc) is 3.03. The first-order valence-corrected chi connectivity index (χ1v) is 7.01. The average molecular weight is 288 g/mol. The van der Waals surface area contributed by atoms with E-state index in [-0.39, 0.29) is 0 Å². The van der Waals surface area contributed by atoms with Crippen LogP contribution in [-0.2, 0) is 6.42 Å². The van der Waals surface area contributed by atoms with Gasteiger partial charge in [-0.1, -0.05) is 39.7 Å². The number of hydrogen-bond acceptors (Lipinski definition) is 0. The summed E-state index contributed by atoms with van der Waals surface area (Å²) in [5, 5.41) is 2.00. The van der Waals surface area contributed by atoms with Crippen molar-refractivity contribution < 1.29 is 0 Å². The lowest BCUT2D eigenvalue weighted by molar-refractivity contribution is 0.519. The number of halogens is 2. The molecule has 15 heavy (non-hydrogen) atoms. The number of benzene rings is 1. The first-order chi connectivity index (χ1) is 7.20. The van der Waals surface area contributed by atoms with Crippen LogP contribution < -0.4 is 0 Å². The molecule has 0 radical (unpaired) electrons. The Morgan fingerprint density at radius 1 is 1.47 bits per heavy atom. The van der Waals surface area contributed by atoms with Gasteiger partial charge in [-0.2, -0.15) is 0 Å². The maximum absolute atomic E-state index is 6.02. The Hall–Kier alpha value is -0.0100. The van der Waals surface area contributed by atoms with Crippen molar-refractivity contribution in [2.45, 2.75) is 26.2 Å². The summed E-state index contributed by atoms with van der Waals surface area (Å²) < 4.78 is 0. The molecule has 1 aliphatic rings. The summed E-state index contributed by atoms with van der Waals surface area (Å²) in [7, 11) is 0. The van der Waals surface area contributed by atoms with Gasteiger partial charge in [0, 0.05) is 10.4 Å². The van der Waals surface area contributed by atoms with Crippen molar-refractivity contribution in [3.63, 3.8) is 0 Å². The summed E-state index contributed by atoms with van der Waals surface area (Å²) in [5.74, 6) is 1.77. The maximum atomic E-state index is 6.02. The van der Waals surface area contributed by atoms with Crippen molar-refractivity contribution >= 4 is 27.5 Å². The predicted molar refractivity (Wildman–Crippen MR) is 69.9 cm³/mol. The quantitative estimate of drug-likeness (QED) is 0.709. The van der Waals surface area contributed by atoms with Gasteiger partial charge in [-0.15, -0.1) is 0 Å². The third-order valence-corrected chi connectivity index (χ3v) is 4.46. The molecule has 1 aromatic carbocycles. The Kier molecular flexibility index (Phi) is 3.73. The van der Waals surface area contributed by atoms with Gasteiger partial charge in [-0.3, -0.25) is 0 Å². The number of aryl methyl sites for hydroxylation is 1. The Balaban J connectivity index is 2.05. The molecule has 82 valence electrons. The highest BCUT2D eigenvalue weighted by Gasteiger charge is 2.30. The fraction of sp³-hybridized carbons (Fsp3) is 0.538. The molecule has 1 saturated carbocycles. The highest BCUT2D eigenvalue weighted by molar-refractivity contribution is 9.09. The van der Waals surface area contributed by atoms with E-state index in [1.807, 2.05) is 6.07 Å². The highest BCUT2D eigenvalue weighted by atomic mass is 79.9. The number of hydrogen-bond donors (Lipinski definition) is 0. The molecule has 0 nitrogen and oxygen atoms in total. The molecule has 1 aliphatic carbocycles. The molecule has 2 rings (SSSR count). The van der Waals surface area contributed by atoms with Crippen molar-refractivity contribution in [2.75, 3.05) is 5.33 Å². The van der Waals surface area contributed by atoms with E-state index in [1.165, 1.54) is 30.4 Å². The monoisotopic (exact) mass is 286 g/mol. The zero-order valence-electron chi connectivity index (χ0n) is 8.97. The molecule has 2 heteroatoms. The summed E-state index contributed by atoms with van der Waals surface area (Å²) in [6.07, 6.45) is 4.03. The summed E-state index contributed by atoms with van der Waals surface area (Å²) in [6, 6.07) is 6.40. The van der Waals surface area contributed by atoms with Crippen LogP contribution in [0.4, 0.5) is 0 Å². The fourth-order valence-electron chi connectivity index (χ4n) is 2.05. The molecule has 1 atom stereocenters. The maximum Gasteiger partial charge on any atom is 0.0435 e. The molecule has 1 unspecified atom stereocenters. The number of alkyl halides is 1. The predicted octanol–water partition coefficient (Wildman–Crippen LogP) is 4.61. The van der Waals surface area contributed by atoms with Crippen LogP contribution in [0, 0.1) is 18.8 Å². The standard InChI is InChI=1S/C13H16BrCl/c1-9-6-10(2-5-13(9)15)7-12(8-14)11-3-4-11/h2,5-6,11-12H,3-4,7-8H2,1H3. The lowest BCUT2D eigenvalue weighted by Crippen LogP contribution is -2.08. The molecule has 0 aliphatic heterocycles.